The zero-order chi connectivity index (χ0) is 13.9. The molecule has 19 heavy (non-hydrogen) atoms. The lowest BCUT2D eigenvalue weighted by molar-refractivity contribution is -0.147. The van der Waals surface area contributed by atoms with E-state index in [0.717, 1.165) is 19.4 Å². The maximum absolute atomic E-state index is 12.1. The first-order valence-corrected chi connectivity index (χ1v) is 6.38. The molecule has 0 bridgehead atoms. The van der Waals surface area contributed by atoms with Gasteiger partial charge in [0.2, 0.25) is 5.91 Å². The van der Waals surface area contributed by atoms with E-state index >= 15 is 0 Å². The quantitative estimate of drug-likeness (QED) is 0.752. The first-order valence-electron chi connectivity index (χ1n) is 6.38. The van der Waals surface area contributed by atoms with Gasteiger partial charge in [0.1, 0.15) is 0 Å². The van der Waals surface area contributed by atoms with Crippen LogP contribution in [0.1, 0.15) is 25.3 Å². The van der Waals surface area contributed by atoms with Gasteiger partial charge < -0.3 is 15.7 Å². The van der Waals surface area contributed by atoms with Gasteiger partial charge in [-0.25, -0.2) is 4.79 Å². The van der Waals surface area contributed by atoms with E-state index in [4.69, 9.17) is 0 Å². The molecule has 1 unspecified atom stereocenters. The van der Waals surface area contributed by atoms with Crippen molar-refractivity contribution in [2.45, 2.75) is 31.3 Å². The Balaban J connectivity index is 2.20. The molecular formula is C14H18N2O3. The maximum Gasteiger partial charge on any atom is 0.333 e. The molecule has 1 aromatic carbocycles. The molecule has 0 spiro atoms. The Morgan fingerprint density at radius 2 is 2.05 bits per heavy atom. The predicted octanol–water partition coefficient (Wildman–Crippen LogP) is 0.855. The number of carboxylic acid groups (broad SMARTS) is 1. The molecule has 0 radical (unpaired) electrons. The number of carbonyl (C=O) groups is 2. The Kier molecular flexibility index (Phi) is 3.85. The minimum atomic E-state index is -1.40. The fourth-order valence-corrected chi connectivity index (χ4v) is 2.26. The average molecular weight is 262 g/mol. The highest BCUT2D eigenvalue weighted by Crippen LogP contribution is 2.21. The lowest BCUT2D eigenvalue weighted by atomic mass is 9.91. The van der Waals surface area contributed by atoms with Crippen LogP contribution in [0.5, 0.6) is 0 Å². The van der Waals surface area contributed by atoms with E-state index < -0.39 is 11.5 Å². The van der Waals surface area contributed by atoms with Gasteiger partial charge in [0.05, 0.1) is 6.04 Å². The molecular weight excluding hydrogens is 244 g/mol. The molecule has 102 valence electrons. The third-order valence-electron chi connectivity index (χ3n) is 3.53. The highest BCUT2D eigenvalue weighted by atomic mass is 16.4. The summed E-state index contributed by atoms with van der Waals surface area (Å²) >= 11 is 0. The smallest absolute Gasteiger partial charge is 0.333 e. The van der Waals surface area contributed by atoms with Gasteiger partial charge in [-0.05, 0) is 31.9 Å². The summed E-state index contributed by atoms with van der Waals surface area (Å²) in [6.07, 6.45) is 1.68. The van der Waals surface area contributed by atoms with Crippen LogP contribution in [-0.2, 0) is 15.1 Å². The maximum atomic E-state index is 12.1. The Morgan fingerprint density at radius 3 is 2.58 bits per heavy atom. The van der Waals surface area contributed by atoms with Crippen molar-refractivity contribution in [3.63, 3.8) is 0 Å². The zero-order valence-electron chi connectivity index (χ0n) is 10.8. The van der Waals surface area contributed by atoms with Gasteiger partial charge in [-0.3, -0.25) is 4.79 Å². The summed E-state index contributed by atoms with van der Waals surface area (Å²) in [6.45, 7) is 2.31. The van der Waals surface area contributed by atoms with Crippen molar-refractivity contribution in [3.8, 4) is 0 Å². The molecule has 0 saturated carbocycles. The molecule has 2 rings (SSSR count). The monoisotopic (exact) mass is 262 g/mol. The second-order valence-electron chi connectivity index (χ2n) is 4.93. The van der Waals surface area contributed by atoms with Crippen molar-refractivity contribution in [2.24, 2.45) is 0 Å². The van der Waals surface area contributed by atoms with E-state index in [1.54, 1.807) is 24.3 Å². The topological polar surface area (TPSA) is 78.4 Å². The summed E-state index contributed by atoms with van der Waals surface area (Å²) in [7, 11) is 0. The van der Waals surface area contributed by atoms with Crippen LogP contribution >= 0.6 is 0 Å². The van der Waals surface area contributed by atoms with Crippen LogP contribution in [0.25, 0.3) is 0 Å². The van der Waals surface area contributed by atoms with E-state index in [-0.39, 0.29) is 11.9 Å². The first-order chi connectivity index (χ1) is 9.04. The minimum absolute atomic E-state index is 0.258. The van der Waals surface area contributed by atoms with Crippen molar-refractivity contribution in [1.82, 2.24) is 10.6 Å². The standard InChI is InChI=1S/C14H18N2O3/c1-14(13(18)19,10-6-3-2-4-7-10)16-12(17)11-8-5-9-15-11/h2-4,6-7,11,15H,5,8-9H2,1H3,(H,16,17)(H,18,19)/t11-,14?/m1/s1. The van der Waals surface area contributed by atoms with Crippen LogP contribution in [0.3, 0.4) is 0 Å². The molecule has 3 N–H and O–H groups in total. The lowest BCUT2D eigenvalue weighted by Crippen LogP contribution is -2.54. The highest BCUT2D eigenvalue weighted by molar-refractivity contribution is 5.90. The Hall–Kier alpha value is -1.88. The minimum Gasteiger partial charge on any atom is -0.479 e. The van der Waals surface area contributed by atoms with E-state index in [1.165, 1.54) is 6.92 Å². The second-order valence-corrected chi connectivity index (χ2v) is 4.93. The SMILES string of the molecule is CC(NC(=O)[C@H]1CCCN1)(C(=O)O)c1ccccc1. The largest absolute Gasteiger partial charge is 0.479 e. The molecule has 0 aliphatic carbocycles. The Bertz CT molecular complexity index is 469. The van der Waals surface area contributed by atoms with Gasteiger partial charge in [-0.15, -0.1) is 0 Å². The van der Waals surface area contributed by atoms with Crippen LogP contribution in [0.2, 0.25) is 0 Å². The molecule has 5 nitrogen and oxygen atoms in total. The van der Waals surface area contributed by atoms with E-state index in [2.05, 4.69) is 10.6 Å². The molecule has 1 amide bonds. The van der Waals surface area contributed by atoms with Crippen molar-refractivity contribution < 1.29 is 14.7 Å². The number of hydrogen-bond donors (Lipinski definition) is 3. The molecule has 1 saturated heterocycles. The number of nitrogens with one attached hydrogen (secondary N) is 2. The summed E-state index contributed by atoms with van der Waals surface area (Å²) in [4.78, 5) is 23.6. The van der Waals surface area contributed by atoms with Crippen LogP contribution in [-0.4, -0.2) is 29.6 Å². The average Bonchev–Trinajstić information content (AvgIpc) is 2.93. The fraction of sp³-hybridized carbons (Fsp3) is 0.429. The zero-order valence-corrected chi connectivity index (χ0v) is 10.8. The third-order valence-corrected chi connectivity index (χ3v) is 3.53. The van der Waals surface area contributed by atoms with Crippen molar-refractivity contribution >= 4 is 11.9 Å². The lowest BCUT2D eigenvalue weighted by Gasteiger charge is -2.28. The number of carbonyl (C=O) groups excluding carboxylic acids is 1. The number of aliphatic carboxylic acids is 1. The number of hydrogen-bond acceptors (Lipinski definition) is 3. The van der Waals surface area contributed by atoms with Gasteiger partial charge in [-0.1, -0.05) is 30.3 Å². The van der Waals surface area contributed by atoms with Gasteiger partial charge in [0, 0.05) is 0 Å². The van der Waals surface area contributed by atoms with Crippen LogP contribution in [0.4, 0.5) is 0 Å². The molecule has 0 aromatic heterocycles. The normalized spacial score (nSPS) is 21.6. The number of amides is 1. The van der Waals surface area contributed by atoms with Crippen molar-refractivity contribution in [1.29, 1.82) is 0 Å². The Morgan fingerprint density at radius 1 is 1.37 bits per heavy atom. The van der Waals surface area contributed by atoms with Gasteiger partial charge in [-0.2, -0.15) is 0 Å². The van der Waals surface area contributed by atoms with E-state index in [9.17, 15) is 14.7 Å². The summed E-state index contributed by atoms with van der Waals surface area (Å²) in [6, 6.07) is 8.45. The molecule has 1 aromatic rings. The number of rotatable bonds is 4. The molecule has 1 aliphatic heterocycles. The molecule has 1 aliphatic rings. The number of carboxylic acids is 1. The Labute approximate surface area is 112 Å². The first kappa shape index (κ1) is 13.5. The van der Waals surface area contributed by atoms with Gasteiger partial charge in [0.25, 0.3) is 0 Å². The fourth-order valence-electron chi connectivity index (χ4n) is 2.26. The summed E-state index contributed by atoms with van der Waals surface area (Å²) in [5.41, 5.74) is -0.836. The molecule has 1 fully saturated rings. The van der Waals surface area contributed by atoms with Crippen LogP contribution in [0, 0.1) is 0 Å². The van der Waals surface area contributed by atoms with E-state index in [1.807, 2.05) is 6.07 Å². The van der Waals surface area contributed by atoms with Gasteiger partial charge in [0.15, 0.2) is 5.54 Å². The molecule has 1 heterocycles. The second kappa shape index (κ2) is 5.40. The molecule has 5 heteroatoms. The van der Waals surface area contributed by atoms with Crippen LogP contribution in [0.15, 0.2) is 30.3 Å². The summed E-state index contributed by atoms with van der Waals surface area (Å²) in [5, 5.41) is 15.2. The predicted molar refractivity (Wildman–Crippen MR) is 70.6 cm³/mol. The van der Waals surface area contributed by atoms with Crippen molar-refractivity contribution in [3.05, 3.63) is 35.9 Å². The van der Waals surface area contributed by atoms with E-state index in [0.29, 0.717) is 5.56 Å². The third kappa shape index (κ3) is 2.76. The molecule has 2 atom stereocenters. The summed E-state index contributed by atoms with van der Waals surface area (Å²) < 4.78 is 0. The number of benzene rings is 1. The van der Waals surface area contributed by atoms with Crippen molar-refractivity contribution in [2.75, 3.05) is 6.54 Å². The van der Waals surface area contributed by atoms with Crippen LogP contribution < -0.4 is 10.6 Å². The summed E-state index contributed by atoms with van der Waals surface area (Å²) in [5.74, 6) is -1.32. The van der Waals surface area contributed by atoms with Gasteiger partial charge >= 0.3 is 5.97 Å². The highest BCUT2D eigenvalue weighted by Gasteiger charge is 2.38.